The van der Waals surface area contributed by atoms with E-state index in [2.05, 4.69) is 10.3 Å². The zero-order chi connectivity index (χ0) is 11.0. The molecule has 0 spiro atoms. The van der Waals surface area contributed by atoms with Crippen LogP contribution in [0.3, 0.4) is 0 Å². The number of nitrogens with one attached hydrogen (secondary N) is 1. The van der Waals surface area contributed by atoms with Crippen LogP contribution >= 0.6 is 0 Å². The fourth-order valence-electron chi connectivity index (χ4n) is 1.72. The van der Waals surface area contributed by atoms with Crippen LogP contribution in [0.5, 0.6) is 0 Å². The van der Waals surface area contributed by atoms with Crippen molar-refractivity contribution in [2.24, 2.45) is 4.99 Å². The molecule has 1 amide bonds. The topological polar surface area (TPSA) is 59.9 Å². The van der Waals surface area contributed by atoms with Crippen LogP contribution in [0.15, 0.2) is 28.2 Å². The van der Waals surface area contributed by atoms with Crippen molar-refractivity contribution < 1.29 is 14.3 Å². The predicted molar refractivity (Wildman–Crippen MR) is 54.2 cm³/mol. The first-order chi connectivity index (χ1) is 7.17. The summed E-state index contributed by atoms with van der Waals surface area (Å²) in [7, 11) is 3.08. The lowest BCUT2D eigenvalue weighted by molar-refractivity contribution is -0.116. The average Bonchev–Trinajstić information content (AvgIpc) is 2.55. The normalized spacial score (nSPS) is 24.2. The number of carbonyl (C=O) groups is 1. The van der Waals surface area contributed by atoms with E-state index < -0.39 is 0 Å². The smallest absolute Gasteiger partial charge is 0.255 e. The molecule has 80 valence electrons. The number of nitrogens with zero attached hydrogens (tertiary/aromatic N) is 1. The molecule has 1 aliphatic heterocycles. The molecule has 5 heteroatoms. The molecule has 0 saturated carbocycles. The number of aliphatic imine (C=N–C) groups is 1. The molecule has 5 nitrogen and oxygen atoms in total. The molecular formula is C10H12N2O3. The number of hydrogen-bond acceptors (Lipinski definition) is 4. The van der Waals surface area contributed by atoms with E-state index in [-0.39, 0.29) is 11.9 Å². The maximum Gasteiger partial charge on any atom is 0.255 e. The van der Waals surface area contributed by atoms with Gasteiger partial charge in [0.1, 0.15) is 11.9 Å². The van der Waals surface area contributed by atoms with Crippen molar-refractivity contribution in [1.29, 1.82) is 0 Å². The van der Waals surface area contributed by atoms with Gasteiger partial charge in [-0.3, -0.25) is 9.79 Å². The van der Waals surface area contributed by atoms with Gasteiger partial charge >= 0.3 is 0 Å². The minimum absolute atomic E-state index is 0.144. The quantitative estimate of drug-likeness (QED) is 0.712. The highest BCUT2D eigenvalue weighted by Crippen LogP contribution is 2.31. The van der Waals surface area contributed by atoms with Crippen LogP contribution in [0, 0.1) is 0 Å². The van der Waals surface area contributed by atoms with Crippen molar-refractivity contribution in [3.63, 3.8) is 0 Å². The largest absolute Gasteiger partial charge is 0.495 e. The molecule has 1 unspecified atom stereocenters. The number of carbonyl (C=O) groups excluding carboxylic acids is 1. The third kappa shape index (κ3) is 1.40. The van der Waals surface area contributed by atoms with Crippen LogP contribution in [0.1, 0.15) is 6.92 Å². The molecule has 2 aliphatic rings. The van der Waals surface area contributed by atoms with Gasteiger partial charge in [-0.05, 0) is 13.0 Å². The van der Waals surface area contributed by atoms with E-state index in [1.165, 1.54) is 7.11 Å². The van der Waals surface area contributed by atoms with E-state index in [0.717, 1.165) is 0 Å². The van der Waals surface area contributed by atoms with Gasteiger partial charge < -0.3 is 14.8 Å². The van der Waals surface area contributed by atoms with Crippen LogP contribution < -0.4 is 5.32 Å². The molecule has 1 N–H and O–H groups in total. The van der Waals surface area contributed by atoms with Gasteiger partial charge in [0.2, 0.25) is 0 Å². The lowest BCUT2D eigenvalue weighted by Gasteiger charge is -2.19. The van der Waals surface area contributed by atoms with Crippen LogP contribution in [-0.4, -0.2) is 32.0 Å². The van der Waals surface area contributed by atoms with E-state index in [1.807, 2.05) is 0 Å². The van der Waals surface area contributed by atoms with E-state index >= 15 is 0 Å². The summed E-state index contributed by atoms with van der Waals surface area (Å²) < 4.78 is 10.3. The Kier molecular flexibility index (Phi) is 2.22. The summed E-state index contributed by atoms with van der Waals surface area (Å²) in [5, 5.41) is 2.64. The standard InChI is InChI=1S/C10H12N2O3/c1-5-11-8-6(10(13)12-5)4-7(14-2)9(8)15-3/h4,8H,1-3H3,(H,11,12,13). The van der Waals surface area contributed by atoms with Crippen molar-refractivity contribution in [1.82, 2.24) is 5.32 Å². The van der Waals surface area contributed by atoms with Gasteiger partial charge in [0, 0.05) is 0 Å². The summed E-state index contributed by atoms with van der Waals surface area (Å²) in [5.41, 5.74) is 0.564. The van der Waals surface area contributed by atoms with E-state index in [4.69, 9.17) is 9.47 Å². The second kappa shape index (κ2) is 3.42. The summed E-state index contributed by atoms with van der Waals surface area (Å²) in [6.45, 7) is 1.74. The maximum absolute atomic E-state index is 11.6. The summed E-state index contributed by atoms with van der Waals surface area (Å²) >= 11 is 0. The van der Waals surface area contributed by atoms with Gasteiger partial charge in [0.25, 0.3) is 5.91 Å². The van der Waals surface area contributed by atoms with Crippen molar-refractivity contribution in [3.05, 3.63) is 23.2 Å². The molecule has 0 saturated heterocycles. The molecule has 15 heavy (non-hydrogen) atoms. The lowest BCUT2D eigenvalue weighted by Crippen LogP contribution is -2.38. The molecule has 0 radical (unpaired) electrons. The molecule has 0 aromatic carbocycles. The van der Waals surface area contributed by atoms with Crippen LogP contribution in [0.2, 0.25) is 0 Å². The first-order valence-electron chi connectivity index (χ1n) is 4.57. The number of allylic oxidation sites excluding steroid dienone is 1. The summed E-state index contributed by atoms with van der Waals surface area (Å²) in [5.74, 6) is 1.59. The Morgan fingerprint density at radius 1 is 1.40 bits per heavy atom. The Bertz CT molecular complexity index is 407. The Morgan fingerprint density at radius 2 is 2.13 bits per heavy atom. The summed E-state index contributed by atoms with van der Waals surface area (Å²) in [4.78, 5) is 15.9. The Labute approximate surface area is 87.5 Å². The van der Waals surface area contributed by atoms with Crippen LogP contribution in [0.25, 0.3) is 0 Å². The number of hydrogen-bond donors (Lipinski definition) is 1. The van der Waals surface area contributed by atoms with E-state index in [1.54, 1.807) is 20.1 Å². The average molecular weight is 208 g/mol. The summed E-state index contributed by atoms with van der Waals surface area (Å²) in [6, 6.07) is -0.348. The van der Waals surface area contributed by atoms with Gasteiger partial charge in [0.15, 0.2) is 11.5 Å². The van der Waals surface area contributed by atoms with Crippen molar-refractivity contribution in [2.45, 2.75) is 13.0 Å². The third-order valence-electron chi connectivity index (χ3n) is 2.39. The first kappa shape index (κ1) is 9.76. The highest BCUT2D eigenvalue weighted by Gasteiger charge is 2.36. The number of methoxy groups -OCH3 is 2. The number of amidine groups is 1. The second-order valence-electron chi connectivity index (χ2n) is 3.31. The zero-order valence-corrected chi connectivity index (χ0v) is 8.83. The van der Waals surface area contributed by atoms with Crippen LogP contribution in [0.4, 0.5) is 0 Å². The number of amides is 1. The maximum atomic E-state index is 11.6. The SMILES string of the molecule is COC1=C(OC)C2N=C(C)NC(=O)C2=C1. The number of fused-ring (bicyclic) bond motifs is 1. The summed E-state index contributed by atoms with van der Waals surface area (Å²) in [6.07, 6.45) is 1.66. The molecule has 1 aliphatic carbocycles. The van der Waals surface area contributed by atoms with Crippen molar-refractivity contribution >= 4 is 11.7 Å². The molecule has 0 fully saturated rings. The molecule has 1 atom stereocenters. The first-order valence-corrected chi connectivity index (χ1v) is 4.57. The fraction of sp³-hybridized carbons (Fsp3) is 0.400. The molecule has 0 aromatic rings. The molecule has 0 bridgehead atoms. The van der Waals surface area contributed by atoms with Gasteiger partial charge in [-0.25, -0.2) is 0 Å². The van der Waals surface area contributed by atoms with Gasteiger partial charge in [-0.1, -0.05) is 0 Å². The van der Waals surface area contributed by atoms with Gasteiger partial charge in [-0.2, -0.15) is 0 Å². The lowest BCUT2D eigenvalue weighted by atomic mass is 10.1. The zero-order valence-electron chi connectivity index (χ0n) is 8.83. The van der Waals surface area contributed by atoms with Crippen molar-refractivity contribution in [2.75, 3.05) is 14.2 Å². The van der Waals surface area contributed by atoms with Crippen LogP contribution in [-0.2, 0) is 14.3 Å². The Hall–Kier alpha value is -1.78. The Balaban J connectivity index is 2.45. The molecule has 2 rings (SSSR count). The number of ether oxygens (including phenoxy) is 2. The third-order valence-corrected chi connectivity index (χ3v) is 2.39. The monoisotopic (exact) mass is 208 g/mol. The highest BCUT2D eigenvalue weighted by molar-refractivity contribution is 6.09. The van der Waals surface area contributed by atoms with Crippen molar-refractivity contribution in [3.8, 4) is 0 Å². The van der Waals surface area contributed by atoms with E-state index in [9.17, 15) is 4.79 Å². The molecule has 1 heterocycles. The minimum atomic E-state index is -0.348. The van der Waals surface area contributed by atoms with Gasteiger partial charge in [0.05, 0.1) is 19.8 Å². The Morgan fingerprint density at radius 3 is 2.73 bits per heavy atom. The second-order valence-corrected chi connectivity index (χ2v) is 3.31. The fourth-order valence-corrected chi connectivity index (χ4v) is 1.72. The van der Waals surface area contributed by atoms with Gasteiger partial charge in [-0.15, -0.1) is 0 Å². The predicted octanol–water partition coefficient (Wildman–Crippen LogP) is 0.348. The van der Waals surface area contributed by atoms with E-state index in [0.29, 0.717) is 22.9 Å². The highest BCUT2D eigenvalue weighted by atomic mass is 16.5. The minimum Gasteiger partial charge on any atom is -0.495 e. The molecule has 0 aromatic heterocycles. The molecular weight excluding hydrogens is 196 g/mol. The number of rotatable bonds is 2.